The Hall–Kier alpha value is -1.75. The van der Waals surface area contributed by atoms with Crippen molar-refractivity contribution in [2.45, 2.75) is 78.8 Å². The number of amides is 2. The summed E-state index contributed by atoms with van der Waals surface area (Å²) in [6.45, 7) is 16.0. The first-order valence-corrected chi connectivity index (χ1v) is 11.1. The monoisotopic (exact) mass is 400 g/mol. The quantitative estimate of drug-likeness (QED) is 0.586. The van der Waals surface area contributed by atoms with Gasteiger partial charge in [-0.2, -0.15) is 0 Å². The van der Waals surface area contributed by atoms with Crippen LogP contribution in [0.5, 0.6) is 0 Å². The molecule has 1 aromatic rings. The summed E-state index contributed by atoms with van der Waals surface area (Å²) in [7, 11) is 0. The number of hydrogen-bond acceptors (Lipinski definition) is 4. The SMILES string of the molecule is CCCN1c2cc(C)c(/C=C3/SC(=O)N(C(C)C)C3=O)cc2C(C)CC1(C)C. The van der Waals surface area contributed by atoms with E-state index in [1.165, 1.54) is 16.2 Å². The van der Waals surface area contributed by atoms with Crippen LogP contribution in [0, 0.1) is 6.92 Å². The second-order valence-electron chi connectivity index (χ2n) is 8.98. The molecule has 0 bridgehead atoms. The molecule has 4 nitrogen and oxygen atoms in total. The molecule has 2 aliphatic heterocycles. The number of rotatable bonds is 4. The Morgan fingerprint density at radius 3 is 2.54 bits per heavy atom. The van der Waals surface area contributed by atoms with Gasteiger partial charge in [-0.3, -0.25) is 14.5 Å². The van der Waals surface area contributed by atoms with Gasteiger partial charge in [0, 0.05) is 23.8 Å². The summed E-state index contributed by atoms with van der Waals surface area (Å²) in [6, 6.07) is 4.38. The number of thioether (sulfide) groups is 1. The number of aryl methyl sites for hydroxylation is 1. The van der Waals surface area contributed by atoms with Gasteiger partial charge in [-0.15, -0.1) is 0 Å². The second-order valence-corrected chi connectivity index (χ2v) is 9.98. The van der Waals surface area contributed by atoms with Gasteiger partial charge in [-0.1, -0.05) is 13.8 Å². The van der Waals surface area contributed by atoms with Gasteiger partial charge in [0.25, 0.3) is 11.1 Å². The third-order valence-corrected chi connectivity index (χ3v) is 6.73. The van der Waals surface area contributed by atoms with Gasteiger partial charge >= 0.3 is 0 Å². The lowest BCUT2D eigenvalue weighted by molar-refractivity contribution is -0.123. The third kappa shape index (κ3) is 3.61. The van der Waals surface area contributed by atoms with Crippen LogP contribution in [0.2, 0.25) is 0 Å². The van der Waals surface area contributed by atoms with E-state index in [1.807, 2.05) is 19.9 Å². The fourth-order valence-corrected chi connectivity index (χ4v) is 5.47. The van der Waals surface area contributed by atoms with Crippen LogP contribution >= 0.6 is 11.8 Å². The van der Waals surface area contributed by atoms with Crippen LogP contribution in [0.3, 0.4) is 0 Å². The maximum atomic E-state index is 12.7. The van der Waals surface area contributed by atoms with Crippen molar-refractivity contribution in [3.8, 4) is 0 Å². The van der Waals surface area contributed by atoms with Crippen LogP contribution in [-0.4, -0.2) is 34.2 Å². The van der Waals surface area contributed by atoms with Crippen molar-refractivity contribution < 1.29 is 9.59 Å². The van der Waals surface area contributed by atoms with Gasteiger partial charge in [-0.05, 0) is 100 Å². The van der Waals surface area contributed by atoms with Crippen LogP contribution < -0.4 is 4.90 Å². The summed E-state index contributed by atoms with van der Waals surface area (Å²) < 4.78 is 0. The molecule has 2 amide bonds. The molecule has 1 fully saturated rings. The number of imide groups is 1. The number of fused-ring (bicyclic) bond motifs is 1. The van der Waals surface area contributed by atoms with E-state index in [-0.39, 0.29) is 22.7 Å². The molecule has 1 atom stereocenters. The number of carbonyl (C=O) groups excluding carboxylic acids is 2. The van der Waals surface area contributed by atoms with Gasteiger partial charge in [0.15, 0.2) is 0 Å². The molecule has 0 aliphatic carbocycles. The highest BCUT2D eigenvalue weighted by molar-refractivity contribution is 8.18. The zero-order chi connectivity index (χ0) is 20.8. The minimum atomic E-state index is -0.177. The highest BCUT2D eigenvalue weighted by Gasteiger charge is 2.38. The van der Waals surface area contributed by atoms with Gasteiger partial charge in [0.1, 0.15) is 0 Å². The van der Waals surface area contributed by atoms with Crippen molar-refractivity contribution in [1.82, 2.24) is 4.90 Å². The van der Waals surface area contributed by atoms with Crippen molar-refractivity contribution in [3.63, 3.8) is 0 Å². The highest BCUT2D eigenvalue weighted by Crippen LogP contribution is 2.45. The van der Waals surface area contributed by atoms with Crippen LogP contribution in [-0.2, 0) is 4.79 Å². The third-order valence-electron chi connectivity index (χ3n) is 5.85. The Kier molecular flexibility index (Phi) is 5.68. The lowest BCUT2D eigenvalue weighted by atomic mass is 9.79. The van der Waals surface area contributed by atoms with E-state index >= 15 is 0 Å². The molecule has 2 aliphatic rings. The van der Waals surface area contributed by atoms with Gasteiger partial charge < -0.3 is 4.90 Å². The summed E-state index contributed by atoms with van der Waals surface area (Å²) in [5.74, 6) is 0.278. The molecule has 2 heterocycles. The minimum absolute atomic E-state index is 0.118. The van der Waals surface area contributed by atoms with Crippen molar-refractivity contribution in [2.75, 3.05) is 11.4 Å². The molecule has 1 aromatic carbocycles. The van der Waals surface area contributed by atoms with Crippen LogP contribution in [0.25, 0.3) is 6.08 Å². The van der Waals surface area contributed by atoms with Crippen molar-refractivity contribution in [3.05, 3.63) is 33.7 Å². The van der Waals surface area contributed by atoms with E-state index in [0.29, 0.717) is 10.8 Å². The topological polar surface area (TPSA) is 40.6 Å². The molecular weight excluding hydrogens is 368 g/mol. The summed E-state index contributed by atoms with van der Waals surface area (Å²) in [4.78, 5) is 29.3. The van der Waals surface area contributed by atoms with E-state index in [9.17, 15) is 9.59 Å². The van der Waals surface area contributed by atoms with Gasteiger partial charge in [-0.25, -0.2) is 0 Å². The molecule has 0 spiro atoms. The molecule has 0 aromatic heterocycles. The zero-order valence-corrected chi connectivity index (χ0v) is 18.9. The van der Waals surface area contributed by atoms with Crippen LogP contribution in [0.4, 0.5) is 10.5 Å². The van der Waals surface area contributed by atoms with Crippen molar-refractivity contribution in [1.29, 1.82) is 0 Å². The minimum Gasteiger partial charge on any atom is -0.366 e. The van der Waals surface area contributed by atoms with E-state index in [2.05, 4.69) is 51.7 Å². The highest BCUT2D eigenvalue weighted by atomic mass is 32.2. The first-order chi connectivity index (χ1) is 13.1. The van der Waals surface area contributed by atoms with Gasteiger partial charge in [0.05, 0.1) is 4.91 Å². The first kappa shape index (κ1) is 21.0. The number of carbonyl (C=O) groups is 2. The molecule has 0 N–H and O–H groups in total. The summed E-state index contributed by atoms with van der Waals surface area (Å²) >= 11 is 1.05. The zero-order valence-electron chi connectivity index (χ0n) is 18.1. The van der Waals surface area contributed by atoms with Crippen LogP contribution in [0.1, 0.15) is 77.0 Å². The van der Waals surface area contributed by atoms with Gasteiger partial charge in [0.2, 0.25) is 0 Å². The van der Waals surface area contributed by atoms with Crippen molar-refractivity contribution in [2.24, 2.45) is 0 Å². The van der Waals surface area contributed by atoms with E-state index in [4.69, 9.17) is 0 Å². The molecule has 152 valence electrons. The largest absolute Gasteiger partial charge is 0.366 e. The number of anilines is 1. The Morgan fingerprint density at radius 1 is 1.29 bits per heavy atom. The van der Waals surface area contributed by atoms with Crippen LogP contribution in [0.15, 0.2) is 17.0 Å². The molecule has 1 saturated heterocycles. The fraction of sp³-hybridized carbons (Fsp3) is 0.565. The fourth-order valence-electron chi connectivity index (χ4n) is 4.52. The number of nitrogens with zero attached hydrogens (tertiary/aromatic N) is 2. The maximum Gasteiger partial charge on any atom is 0.293 e. The maximum absolute atomic E-state index is 12.7. The molecule has 0 radical (unpaired) electrons. The molecule has 0 saturated carbocycles. The normalized spacial score (nSPS) is 23.1. The second kappa shape index (κ2) is 7.58. The van der Waals surface area contributed by atoms with E-state index in [1.54, 1.807) is 0 Å². The molecule has 3 rings (SSSR count). The van der Waals surface area contributed by atoms with E-state index in [0.717, 1.165) is 42.3 Å². The predicted molar refractivity (Wildman–Crippen MR) is 119 cm³/mol. The number of hydrogen-bond donors (Lipinski definition) is 0. The lowest BCUT2D eigenvalue weighted by Gasteiger charge is -2.48. The summed E-state index contributed by atoms with van der Waals surface area (Å²) in [5, 5.41) is -0.175. The molecular formula is C23H32N2O2S. The lowest BCUT2D eigenvalue weighted by Crippen LogP contribution is -2.48. The standard InChI is InChI=1S/C23H32N2O2S/c1-8-9-24-19-10-15(4)17(11-18(19)16(5)13-23(24,6)7)12-20-21(26)25(14(2)3)22(27)28-20/h10-12,14,16H,8-9,13H2,1-7H3/b20-12+. The van der Waals surface area contributed by atoms with Crippen molar-refractivity contribution >= 4 is 34.7 Å². The average Bonchev–Trinajstić information content (AvgIpc) is 2.86. The molecule has 1 unspecified atom stereocenters. The molecule has 5 heteroatoms. The number of benzene rings is 1. The summed E-state index contributed by atoms with van der Waals surface area (Å²) in [6.07, 6.45) is 4.12. The summed E-state index contributed by atoms with van der Waals surface area (Å²) in [5.41, 5.74) is 4.97. The Bertz CT molecular complexity index is 841. The van der Waals surface area contributed by atoms with E-state index < -0.39 is 0 Å². The smallest absolute Gasteiger partial charge is 0.293 e. The Labute approximate surface area is 173 Å². The molecule has 28 heavy (non-hydrogen) atoms. The average molecular weight is 401 g/mol. The Morgan fingerprint density at radius 2 is 1.96 bits per heavy atom. The first-order valence-electron chi connectivity index (χ1n) is 10.3. The Balaban J connectivity index is 2.04. The predicted octanol–water partition coefficient (Wildman–Crippen LogP) is 5.94.